The lowest BCUT2D eigenvalue weighted by Gasteiger charge is -2.51. The lowest BCUT2D eigenvalue weighted by Crippen LogP contribution is -2.49. The summed E-state index contributed by atoms with van der Waals surface area (Å²) in [6.45, 7) is 1.94. The zero-order valence-electron chi connectivity index (χ0n) is 22.9. The molecule has 204 valence electrons. The molecule has 4 aromatic carbocycles. The Morgan fingerprint density at radius 3 is 2.10 bits per heavy atom. The summed E-state index contributed by atoms with van der Waals surface area (Å²) in [5.74, 6) is -0.796. The molecule has 41 heavy (non-hydrogen) atoms. The topological polar surface area (TPSA) is 84.9 Å². The monoisotopic (exact) mass is 544 g/mol. The van der Waals surface area contributed by atoms with Crippen LogP contribution in [0.2, 0.25) is 0 Å². The standard InChI is InChI=1S/C34H28N2O5/c1-34-29-24-13-6-4-11-22(24)28(23-12-5-7-14-25(23)29)30(34)32(38)36(33(34)39)20-10-8-9-19(17-20)31(37)35-26-16-15-21(40-2)18-27(26)41-3/h4-18,28-30H,1-3H3,(H,35,37)/t28?,29?,30-,34-/m0/s1. The van der Waals surface area contributed by atoms with Crippen LogP contribution in [-0.2, 0) is 9.59 Å². The summed E-state index contributed by atoms with van der Waals surface area (Å²) in [6.07, 6.45) is 0. The maximum Gasteiger partial charge on any atom is 0.255 e. The van der Waals surface area contributed by atoms with Gasteiger partial charge in [-0.25, -0.2) is 4.90 Å². The Morgan fingerprint density at radius 1 is 0.805 bits per heavy atom. The highest BCUT2D eigenvalue weighted by Crippen LogP contribution is 2.67. The van der Waals surface area contributed by atoms with Crippen LogP contribution < -0.4 is 19.7 Å². The van der Waals surface area contributed by atoms with Gasteiger partial charge in [0.15, 0.2) is 0 Å². The lowest BCUT2D eigenvalue weighted by molar-refractivity contribution is -0.128. The SMILES string of the molecule is COc1ccc(NC(=O)c2cccc(N3C(=O)[C@@H]4C5c6ccccc6C(c6ccccc65)[C@]4(C)C3=O)c2)c(OC)c1. The molecule has 1 N–H and O–H groups in total. The Kier molecular flexibility index (Phi) is 5.54. The molecule has 4 aromatic rings. The normalized spacial score (nSPS) is 23.5. The van der Waals surface area contributed by atoms with Gasteiger partial charge in [-0.1, -0.05) is 54.6 Å². The summed E-state index contributed by atoms with van der Waals surface area (Å²) in [7, 11) is 3.07. The molecule has 8 rings (SSSR count). The summed E-state index contributed by atoms with van der Waals surface area (Å²) < 4.78 is 10.7. The molecule has 3 amide bonds. The van der Waals surface area contributed by atoms with Gasteiger partial charge in [-0.15, -0.1) is 0 Å². The van der Waals surface area contributed by atoms with Crippen molar-refractivity contribution in [3.8, 4) is 11.5 Å². The minimum Gasteiger partial charge on any atom is -0.497 e. The molecule has 0 aromatic heterocycles. The Bertz CT molecular complexity index is 1720. The lowest BCUT2D eigenvalue weighted by atomic mass is 9.48. The second kappa shape index (κ2) is 9.06. The smallest absolute Gasteiger partial charge is 0.255 e. The number of hydrogen-bond acceptors (Lipinski definition) is 5. The van der Waals surface area contributed by atoms with Crippen LogP contribution in [0.3, 0.4) is 0 Å². The van der Waals surface area contributed by atoms with E-state index in [9.17, 15) is 14.4 Å². The van der Waals surface area contributed by atoms with E-state index in [1.165, 1.54) is 12.0 Å². The number of imide groups is 1. The van der Waals surface area contributed by atoms with E-state index in [1.807, 2.05) is 31.2 Å². The Hall–Kier alpha value is -4.91. The van der Waals surface area contributed by atoms with E-state index < -0.39 is 17.2 Å². The van der Waals surface area contributed by atoms with E-state index in [4.69, 9.17) is 9.47 Å². The molecule has 7 nitrogen and oxygen atoms in total. The van der Waals surface area contributed by atoms with Crippen LogP contribution in [0.5, 0.6) is 11.5 Å². The zero-order valence-corrected chi connectivity index (χ0v) is 22.9. The van der Waals surface area contributed by atoms with Gasteiger partial charge in [0.25, 0.3) is 5.91 Å². The predicted octanol–water partition coefficient (Wildman–Crippen LogP) is 5.74. The van der Waals surface area contributed by atoms with Crippen molar-refractivity contribution in [2.75, 3.05) is 24.4 Å². The zero-order chi connectivity index (χ0) is 28.5. The quantitative estimate of drug-likeness (QED) is 0.324. The van der Waals surface area contributed by atoms with Crippen LogP contribution in [0.4, 0.5) is 11.4 Å². The van der Waals surface area contributed by atoms with Gasteiger partial charge in [0.1, 0.15) is 11.5 Å². The molecule has 0 spiro atoms. The van der Waals surface area contributed by atoms with Crippen LogP contribution >= 0.6 is 0 Å². The third-order valence-electron chi connectivity index (χ3n) is 9.04. The first kappa shape index (κ1) is 25.1. The number of anilines is 2. The molecule has 2 bridgehead atoms. The molecular weight excluding hydrogens is 516 g/mol. The molecule has 3 aliphatic carbocycles. The average molecular weight is 545 g/mol. The number of ether oxygens (including phenoxy) is 2. The molecule has 1 aliphatic heterocycles. The highest BCUT2D eigenvalue weighted by Gasteiger charge is 2.68. The number of nitrogens with zero attached hydrogens (tertiary/aromatic N) is 1. The second-order valence-corrected chi connectivity index (χ2v) is 11.0. The summed E-state index contributed by atoms with van der Waals surface area (Å²) in [4.78, 5) is 43.2. The van der Waals surface area contributed by atoms with Crippen LogP contribution in [0.15, 0.2) is 91.0 Å². The van der Waals surface area contributed by atoms with E-state index in [-0.39, 0.29) is 23.7 Å². The van der Waals surface area contributed by atoms with Crippen LogP contribution in [0, 0.1) is 11.3 Å². The second-order valence-electron chi connectivity index (χ2n) is 11.0. The van der Waals surface area contributed by atoms with E-state index in [2.05, 4.69) is 29.6 Å². The number of amides is 3. The number of nitrogens with one attached hydrogen (secondary N) is 1. The van der Waals surface area contributed by atoms with Crippen LogP contribution in [0.25, 0.3) is 0 Å². The van der Waals surface area contributed by atoms with Crippen LogP contribution in [0.1, 0.15) is 51.4 Å². The predicted molar refractivity (Wildman–Crippen MR) is 155 cm³/mol. The van der Waals surface area contributed by atoms with Crippen LogP contribution in [-0.4, -0.2) is 31.9 Å². The van der Waals surface area contributed by atoms with E-state index >= 15 is 0 Å². The Balaban J connectivity index is 1.26. The van der Waals surface area contributed by atoms with Gasteiger partial charge >= 0.3 is 0 Å². The first-order valence-electron chi connectivity index (χ1n) is 13.6. The molecule has 0 unspecified atom stereocenters. The van der Waals surface area contributed by atoms with Crippen molar-refractivity contribution in [2.24, 2.45) is 11.3 Å². The maximum atomic E-state index is 14.4. The van der Waals surface area contributed by atoms with Gasteiger partial charge < -0.3 is 14.8 Å². The van der Waals surface area contributed by atoms with Gasteiger partial charge in [0.05, 0.1) is 36.9 Å². The third kappa shape index (κ3) is 3.41. The molecular formula is C34H28N2O5. The fourth-order valence-corrected chi connectivity index (χ4v) is 7.24. The van der Waals surface area contributed by atoms with Crippen molar-refractivity contribution in [1.29, 1.82) is 0 Å². The van der Waals surface area contributed by atoms with Gasteiger partial charge in [-0.05, 0) is 59.5 Å². The van der Waals surface area contributed by atoms with Crippen molar-refractivity contribution in [2.45, 2.75) is 18.8 Å². The van der Waals surface area contributed by atoms with Crippen molar-refractivity contribution in [1.82, 2.24) is 0 Å². The first-order valence-corrected chi connectivity index (χ1v) is 13.6. The van der Waals surface area contributed by atoms with E-state index in [1.54, 1.807) is 49.6 Å². The third-order valence-corrected chi connectivity index (χ3v) is 9.04. The number of carbonyl (C=O) groups is 3. The largest absolute Gasteiger partial charge is 0.497 e. The van der Waals surface area contributed by atoms with Gasteiger partial charge in [0.2, 0.25) is 11.8 Å². The Morgan fingerprint density at radius 2 is 1.46 bits per heavy atom. The number of rotatable bonds is 5. The maximum absolute atomic E-state index is 14.4. The molecule has 1 saturated heterocycles. The highest BCUT2D eigenvalue weighted by molar-refractivity contribution is 6.25. The fraction of sp³-hybridized carbons (Fsp3) is 0.206. The first-order chi connectivity index (χ1) is 19.9. The van der Waals surface area contributed by atoms with Gasteiger partial charge in [0, 0.05) is 23.5 Å². The molecule has 7 heteroatoms. The van der Waals surface area contributed by atoms with Crippen molar-refractivity contribution < 1.29 is 23.9 Å². The van der Waals surface area contributed by atoms with Gasteiger partial charge in [-0.2, -0.15) is 0 Å². The molecule has 0 radical (unpaired) electrons. The summed E-state index contributed by atoms with van der Waals surface area (Å²) in [5.41, 5.74) is 4.68. The summed E-state index contributed by atoms with van der Waals surface area (Å²) >= 11 is 0. The van der Waals surface area contributed by atoms with E-state index in [0.717, 1.165) is 22.3 Å². The minimum atomic E-state index is -0.945. The molecule has 1 heterocycles. The van der Waals surface area contributed by atoms with E-state index in [0.29, 0.717) is 28.4 Å². The van der Waals surface area contributed by atoms with Crippen molar-refractivity contribution in [3.63, 3.8) is 0 Å². The Labute approximate surface area is 237 Å². The summed E-state index contributed by atoms with van der Waals surface area (Å²) in [6, 6.07) is 28.1. The molecule has 1 fully saturated rings. The van der Waals surface area contributed by atoms with Gasteiger partial charge in [-0.3, -0.25) is 14.4 Å². The molecule has 0 saturated carbocycles. The molecule has 4 aliphatic rings. The highest BCUT2D eigenvalue weighted by atomic mass is 16.5. The number of hydrogen-bond donors (Lipinski definition) is 1. The summed E-state index contributed by atoms with van der Waals surface area (Å²) in [5, 5.41) is 2.87. The number of methoxy groups -OCH3 is 2. The number of benzene rings is 4. The molecule has 2 atom stereocenters. The van der Waals surface area contributed by atoms with Crippen molar-refractivity contribution >= 4 is 29.1 Å². The average Bonchev–Trinajstić information content (AvgIpc) is 3.22. The minimum absolute atomic E-state index is 0.215. The van der Waals surface area contributed by atoms with Crippen molar-refractivity contribution in [3.05, 3.63) is 119 Å². The fourth-order valence-electron chi connectivity index (χ4n) is 7.24. The number of carbonyl (C=O) groups excluding carboxylic acids is 3.